The van der Waals surface area contributed by atoms with E-state index in [0.29, 0.717) is 5.02 Å². The zero-order valence-electron chi connectivity index (χ0n) is 12.5. The van der Waals surface area contributed by atoms with Crippen molar-refractivity contribution in [3.8, 4) is 0 Å². The fraction of sp³-hybridized carbons (Fsp3) is 0.647. The SMILES string of the molecule is CCCCCC(CCCC)c1ccc(Cl)cc1C(F)F. The molecule has 1 aromatic rings. The van der Waals surface area contributed by atoms with Crippen LogP contribution in [0.2, 0.25) is 5.02 Å². The lowest BCUT2D eigenvalue weighted by Crippen LogP contribution is -2.04. The van der Waals surface area contributed by atoms with Gasteiger partial charge in [0.25, 0.3) is 6.43 Å². The van der Waals surface area contributed by atoms with Gasteiger partial charge in [0, 0.05) is 10.6 Å². The third-order valence-electron chi connectivity index (χ3n) is 3.79. The van der Waals surface area contributed by atoms with Crippen LogP contribution in [-0.4, -0.2) is 0 Å². The van der Waals surface area contributed by atoms with Crippen LogP contribution in [0.1, 0.15) is 82.3 Å². The largest absolute Gasteiger partial charge is 0.264 e. The topological polar surface area (TPSA) is 0 Å². The summed E-state index contributed by atoms with van der Waals surface area (Å²) in [5.74, 6) is 0.239. The van der Waals surface area contributed by atoms with Gasteiger partial charge < -0.3 is 0 Å². The Morgan fingerprint density at radius 1 is 0.950 bits per heavy atom. The zero-order valence-corrected chi connectivity index (χ0v) is 13.2. The number of alkyl halides is 2. The minimum Gasteiger partial charge on any atom is -0.205 e. The molecule has 1 atom stereocenters. The second-order valence-electron chi connectivity index (χ2n) is 5.41. The van der Waals surface area contributed by atoms with E-state index < -0.39 is 6.43 Å². The molecule has 0 fully saturated rings. The van der Waals surface area contributed by atoms with E-state index in [9.17, 15) is 8.78 Å². The summed E-state index contributed by atoms with van der Waals surface area (Å²) in [5.41, 5.74) is 0.920. The Bertz CT molecular complexity index is 391. The first-order valence-electron chi connectivity index (χ1n) is 7.67. The molecule has 0 radical (unpaired) electrons. The summed E-state index contributed by atoms with van der Waals surface area (Å²) < 4.78 is 26.4. The Labute approximate surface area is 126 Å². The van der Waals surface area contributed by atoms with Crippen LogP contribution in [0.25, 0.3) is 0 Å². The van der Waals surface area contributed by atoms with E-state index in [1.165, 1.54) is 12.5 Å². The van der Waals surface area contributed by atoms with Crippen LogP contribution >= 0.6 is 11.6 Å². The van der Waals surface area contributed by atoms with Crippen LogP contribution in [0.3, 0.4) is 0 Å². The lowest BCUT2D eigenvalue weighted by molar-refractivity contribution is 0.149. The molecule has 0 aliphatic heterocycles. The fourth-order valence-electron chi connectivity index (χ4n) is 2.65. The van der Waals surface area contributed by atoms with E-state index in [0.717, 1.165) is 44.1 Å². The highest BCUT2D eigenvalue weighted by atomic mass is 35.5. The van der Waals surface area contributed by atoms with Crippen molar-refractivity contribution in [2.24, 2.45) is 0 Å². The maximum atomic E-state index is 13.2. The van der Waals surface area contributed by atoms with E-state index >= 15 is 0 Å². The Kier molecular flexibility index (Phi) is 8.13. The molecule has 1 rings (SSSR count). The smallest absolute Gasteiger partial charge is 0.205 e. The highest BCUT2D eigenvalue weighted by Crippen LogP contribution is 2.36. The number of hydrogen-bond acceptors (Lipinski definition) is 0. The van der Waals surface area contributed by atoms with Gasteiger partial charge in [0.15, 0.2) is 0 Å². The summed E-state index contributed by atoms with van der Waals surface area (Å²) in [6.07, 6.45) is 5.15. The Morgan fingerprint density at radius 3 is 2.20 bits per heavy atom. The van der Waals surface area contributed by atoms with Gasteiger partial charge in [-0.05, 0) is 36.5 Å². The van der Waals surface area contributed by atoms with Crippen molar-refractivity contribution in [3.05, 3.63) is 34.3 Å². The molecule has 0 amide bonds. The third kappa shape index (κ3) is 5.40. The summed E-state index contributed by atoms with van der Waals surface area (Å²) in [5, 5.41) is 0.395. The number of benzene rings is 1. The Hall–Kier alpha value is -0.630. The molecule has 20 heavy (non-hydrogen) atoms. The highest BCUT2D eigenvalue weighted by Gasteiger charge is 2.20. The normalized spacial score (nSPS) is 12.9. The van der Waals surface area contributed by atoms with Crippen LogP contribution in [-0.2, 0) is 0 Å². The van der Waals surface area contributed by atoms with Gasteiger partial charge in [-0.2, -0.15) is 0 Å². The second-order valence-corrected chi connectivity index (χ2v) is 5.85. The van der Waals surface area contributed by atoms with Crippen LogP contribution in [0.4, 0.5) is 8.78 Å². The molecular formula is C17H25ClF2. The molecule has 3 heteroatoms. The molecule has 0 aliphatic rings. The molecule has 1 unspecified atom stereocenters. The van der Waals surface area contributed by atoms with Crippen LogP contribution in [0.5, 0.6) is 0 Å². The van der Waals surface area contributed by atoms with E-state index in [-0.39, 0.29) is 11.5 Å². The Balaban J connectivity index is 2.92. The molecule has 0 spiro atoms. The molecular weight excluding hydrogens is 278 g/mol. The molecule has 0 N–H and O–H groups in total. The van der Waals surface area contributed by atoms with Crippen molar-refractivity contribution >= 4 is 11.6 Å². The molecule has 0 saturated heterocycles. The van der Waals surface area contributed by atoms with Crippen molar-refractivity contribution in [3.63, 3.8) is 0 Å². The summed E-state index contributed by atoms with van der Waals surface area (Å²) in [6, 6.07) is 4.97. The van der Waals surface area contributed by atoms with Gasteiger partial charge in [-0.3, -0.25) is 0 Å². The molecule has 0 nitrogen and oxygen atoms in total. The van der Waals surface area contributed by atoms with Gasteiger partial charge in [-0.25, -0.2) is 8.78 Å². The molecule has 0 saturated carbocycles. The lowest BCUT2D eigenvalue weighted by Gasteiger charge is -2.20. The molecule has 0 aliphatic carbocycles. The monoisotopic (exact) mass is 302 g/mol. The molecule has 1 aromatic carbocycles. The summed E-state index contributed by atoms with van der Waals surface area (Å²) >= 11 is 5.86. The second kappa shape index (κ2) is 9.33. The molecule has 0 bridgehead atoms. The van der Waals surface area contributed by atoms with Gasteiger partial charge in [0.05, 0.1) is 0 Å². The van der Waals surface area contributed by atoms with Gasteiger partial charge in [0.1, 0.15) is 0 Å². The number of halogens is 3. The molecule has 0 heterocycles. The lowest BCUT2D eigenvalue weighted by atomic mass is 9.86. The van der Waals surface area contributed by atoms with Gasteiger partial charge >= 0.3 is 0 Å². The van der Waals surface area contributed by atoms with E-state index in [1.807, 2.05) is 0 Å². The molecule has 114 valence electrons. The predicted molar refractivity (Wildman–Crippen MR) is 82.8 cm³/mol. The van der Waals surface area contributed by atoms with Crippen molar-refractivity contribution in [1.29, 1.82) is 0 Å². The number of rotatable bonds is 9. The van der Waals surface area contributed by atoms with E-state index in [2.05, 4.69) is 13.8 Å². The summed E-state index contributed by atoms with van der Waals surface area (Å²) in [4.78, 5) is 0. The van der Waals surface area contributed by atoms with Crippen LogP contribution < -0.4 is 0 Å². The van der Waals surface area contributed by atoms with Gasteiger partial charge in [-0.1, -0.05) is 63.6 Å². The summed E-state index contributed by atoms with van der Waals surface area (Å²) in [6.45, 7) is 4.30. The predicted octanol–water partition coefficient (Wildman–Crippen LogP) is 7.13. The average Bonchev–Trinajstić information content (AvgIpc) is 2.43. The molecule has 0 aromatic heterocycles. The third-order valence-corrected chi connectivity index (χ3v) is 4.02. The minimum atomic E-state index is -2.45. The quantitative estimate of drug-likeness (QED) is 0.425. The maximum Gasteiger partial charge on any atom is 0.264 e. The van der Waals surface area contributed by atoms with Crippen molar-refractivity contribution in [2.45, 2.75) is 71.1 Å². The standard InChI is InChI=1S/C17H25ClF2/c1-3-5-7-9-13(8-6-4-2)15-11-10-14(18)12-16(15)17(19)20/h10-13,17H,3-9H2,1-2H3. The first kappa shape index (κ1) is 17.4. The van der Waals surface area contributed by atoms with Crippen LogP contribution in [0, 0.1) is 0 Å². The number of hydrogen-bond donors (Lipinski definition) is 0. The fourth-order valence-corrected chi connectivity index (χ4v) is 2.83. The van der Waals surface area contributed by atoms with Crippen molar-refractivity contribution < 1.29 is 8.78 Å². The minimum absolute atomic E-state index is 0.120. The first-order valence-corrected chi connectivity index (χ1v) is 8.05. The van der Waals surface area contributed by atoms with Gasteiger partial charge in [0.2, 0.25) is 0 Å². The van der Waals surface area contributed by atoms with E-state index in [4.69, 9.17) is 11.6 Å². The van der Waals surface area contributed by atoms with Crippen molar-refractivity contribution in [1.82, 2.24) is 0 Å². The average molecular weight is 303 g/mol. The van der Waals surface area contributed by atoms with E-state index in [1.54, 1.807) is 12.1 Å². The van der Waals surface area contributed by atoms with Crippen molar-refractivity contribution in [2.75, 3.05) is 0 Å². The first-order chi connectivity index (χ1) is 9.60. The Morgan fingerprint density at radius 2 is 1.60 bits per heavy atom. The van der Waals surface area contributed by atoms with Gasteiger partial charge in [-0.15, -0.1) is 0 Å². The summed E-state index contributed by atoms with van der Waals surface area (Å²) in [7, 11) is 0. The zero-order chi connectivity index (χ0) is 15.0. The maximum absolute atomic E-state index is 13.2. The highest BCUT2D eigenvalue weighted by molar-refractivity contribution is 6.30. The number of unbranched alkanes of at least 4 members (excludes halogenated alkanes) is 3. The van der Waals surface area contributed by atoms with Crippen LogP contribution in [0.15, 0.2) is 18.2 Å².